The van der Waals surface area contributed by atoms with E-state index in [0.29, 0.717) is 13.0 Å². The van der Waals surface area contributed by atoms with Crippen LogP contribution in [0.4, 0.5) is 0 Å². The van der Waals surface area contributed by atoms with Crippen LogP contribution in [0, 0.1) is 13.8 Å². The number of carbonyl (C=O) groups excluding carboxylic acids is 1. The van der Waals surface area contributed by atoms with E-state index in [4.69, 9.17) is 9.84 Å². The van der Waals surface area contributed by atoms with Gasteiger partial charge >= 0.3 is 0 Å². The maximum atomic E-state index is 11.7. The Hall–Kier alpha value is -1.55. The van der Waals surface area contributed by atoms with Crippen molar-refractivity contribution in [3.05, 3.63) is 29.3 Å². The average molecular weight is 263 g/mol. The van der Waals surface area contributed by atoms with Crippen LogP contribution < -0.4 is 10.1 Å². The quantitative estimate of drug-likeness (QED) is 0.821. The molecule has 104 valence electrons. The summed E-state index contributed by atoms with van der Waals surface area (Å²) in [7, 11) is 0. The molecular formula is C15H21NO3. The number of carbonyl (C=O) groups is 1. The van der Waals surface area contributed by atoms with E-state index in [1.807, 2.05) is 26.0 Å². The zero-order valence-corrected chi connectivity index (χ0v) is 11.5. The highest BCUT2D eigenvalue weighted by atomic mass is 16.5. The molecule has 1 aromatic rings. The number of hydrogen-bond acceptors (Lipinski definition) is 3. The van der Waals surface area contributed by atoms with E-state index in [0.717, 1.165) is 29.7 Å². The van der Waals surface area contributed by atoms with Gasteiger partial charge in [0.25, 0.3) is 0 Å². The van der Waals surface area contributed by atoms with Crippen LogP contribution in [0.3, 0.4) is 0 Å². The van der Waals surface area contributed by atoms with Crippen molar-refractivity contribution in [2.24, 2.45) is 0 Å². The third-order valence-corrected chi connectivity index (χ3v) is 3.35. The topological polar surface area (TPSA) is 58.6 Å². The van der Waals surface area contributed by atoms with Crippen LogP contribution in [-0.2, 0) is 4.79 Å². The van der Waals surface area contributed by atoms with E-state index in [1.165, 1.54) is 0 Å². The van der Waals surface area contributed by atoms with Gasteiger partial charge in [-0.3, -0.25) is 4.79 Å². The Morgan fingerprint density at radius 3 is 2.47 bits per heavy atom. The molecule has 4 heteroatoms. The standard InChI is InChI=1S/C15H21NO3/c1-11-7-12(2)9-13(8-11)19-6-3-14(18)16-15(10-17)4-5-15/h7-9,17H,3-6,10H2,1-2H3,(H,16,18). The fourth-order valence-electron chi connectivity index (χ4n) is 2.11. The molecule has 1 saturated carbocycles. The van der Waals surface area contributed by atoms with Crippen LogP contribution in [0.2, 0.25) is 0 Å². The van der Waals surface area contributed by atoms with Gasteiger partial charge in [-0.15, -0.1) is 0 Å². The lowest BCUT2D eigenvalue weighted by molar-refractivity contribution is -0.122. The van der Waals surface area contributed by atoms with Crippen molar-refractivity contribution < 1.29 is 14.6 Å². The third-order valence-electron chi connectivity index (χ3n) is 3.35. The number of aliphatic hydroxyl groups excluding tert-OH is 1. The molecule has 1 fully saturated rings. The normalized spacial score (nSPS) is 15.9. The zero-order valence-electron chi connectivity index (χ0n) is 11.5. The van der Waals surface area contributed by atoms with Gasteiger partial charge < -0.3 is 15.2 Å². The third kappa shape index (κ3) is 3.96. The summed E-state index contributed by atoms with van der Waals surface area (Å²) in [5, 5.41) is 12.0. The van der Waals surface area contributed by atoms with E-state index in [2.05, 4.69) is 11.4 Å². The van der Waals surface area contributed by atoms with Crippen LogP contribution in [0.25, 0.3) is 0 Å². The largest absolute Gasteiger partial charge is 0.493 e. The summed E-state index contributed by atoms with van der Waals surface area (Å²) in [5.41, 5.74) is 1.96. The summed E-state index contributed by atoms with van der Waals surface area (Å²) >= 11 is 0. The molecule has 2 rings (SSSR count). The van der Waals surface area contributed by atoms with Crippen molar-refractivity contribution in [3.8, 4) is 5.75 Å². The number of benzene rings is 1. The Morgan fingerprint density at radius 2 is 1.95 bits per heavy atom. The number of nitrogens with one attached hydrogen (secondary N) is 1. The van der Waals surface area contributed by atoms with Crippen molar-refractivity contribution in [1.29, 1.82) is 0 Å². The van der Waals surface area contributed by atoms with E-state index in [9.17, 15) is 4.79 Å². The second-order valence-corrected chi connectivity index (χ2v) is 5.41. The monoisotopic (exact) mass is 263 g/mol. The maximum Gasteiger partial charge on any atom is 0.223 e. The molecule has 1 aromatic carbocycles. The van der Waals surface area contributed by atoms with E-state index < -0.39 is 0 Å². The molecule has 0 unspecified atom stereocenters. The number of aliphatic hydroxyl groups is 1. The van der Waals surface area contributed by atoms with Gasteiger partial charge in [0.05, 0.1) is 25.2 Å². The number of amides is 1. The van der Waals surface area contributed by atoms with Crippen molar-refractivity contribution in [1.82, 2.24) is 5.32 Å². The van der Waals surface area contributed by atoms with Gasteiger partial charge in [-0.1, -0.05) is 6.07 Å². The number of aryl methyl sites for hydroxylation is 2. The predicted octanol–water partition coefficient (Wildman–Crippen LogP) is 1.71. The number of ether oxygens (including phenoxy) is 1. The Bertz CT molecular complexity index is 446. The molecule has 4 nitrogen and oxygen atoms in total. The highest BCUT2D eigenvalue weighted by Gasteiger charge is 2.43. The molecule has 0 aromatic heterocycles. The van der Waals surface area contributed by atoms with Gasteiger partial charge in [0.2, 0.25) is 5.91 Å². The van der Waals surface area contributed by atoms with Gasteiger partial charge in [-0.05, 0) is 49.9 Å². The van der Waals surface area contributed by atoms with Gasteiger partial charge in [0, 0.05) is 0 Å². The lowest BCUT2D eigenvalue weighted by atomic mass is 10.1. The van der Waals surface area contributed by atoms with Gasteiger partial charge in [0.1, 0.15) is 5.75 Å². The van der Waals surface area contributed by atoms with Gasteiger partial charge in [-0.2, -0.15) is 0 Å². The molecule has 19 heavy (non-hydrogen) atoms. The van der Waals surface area contributed by atoms with Crippen LogP contribution >= 0.6 is 0 Å². The summed E-state index contributed by atoms with van der Waals surface area (Å²) in [6, 6.07) is 6.00. The van der Waals surface area contributed by atoms with Gasteiger partial charge in [-0.25, -0.2) is 0 Å². The van der Waals surface area contributed by atoms with E-state index in [1.54, 1.807) is 0 Å². The molecule has 0 spiro atoms. The van der Waals surface area contributed by atoms with Crippen molar-refractivity contribution in [2.45, 2.75) is 38.6 Å². The molecule has 1 aliphatic carbocycles. The first-order valence-electron chi connectivity index (χ1n) is 6.66. The minimum absolute atomic E-state index is 0.0245. The Labute approximate surface area is 113 Å². The fraction of sp³-hybridized carbons (Fsp3) is 0.533. The summed E-state index contributed by atoms with van der Waals surface area (Å²) in [6.07, 6.45) is 2.05. The zero-order chi connectivity index (χ0) is 13.9. The lowest BCUT2D eigenvalue weighted by Gasteiger charge is -2.14. The van der Waals surface area contributed by atoms with Crippen LogP contribution in [0.5, 0.6) is 5.75 Å². The van der Waals surface area contributed by atoms with E-state index >= 15 is 0 Å². The summed E-state index contributed by atoms with van der Waals surface area (Å²) in [5.74, 6) is 0.740. The molecule has 0 atom stereocenters. The van der Waals surface area contributed by atoms with Crippen LogP contribution in [0.1, 0.15) is 30.4 Å². The second kappa shape index (κ2) is 5.61. The molecule has 0 bridgehead atoms. The SMILES string of the molecule is Cc1cc(C)cc(OCCC(=O)NC2(CO)CC2)c1. The second-order valence-electron chi connectivity index (χ2n) is 5.41. The molecule has 2 N–H and O–H groups in total. The molecule has 0 aliphatic heterocycles. The first kappa shape index (κ1) is 13.9. The van der Waals surface area contributed by atoms with Crippen molar-refractivity contribution in [2.75, 3.05) is 13.2 Å². The Morgan fingerprint density at radius 1 is 1.32 bits per heavy atom. The van der Waals surface area contributed by atoms with Crippen LogP contribution in [0.15, 0.2) is 18.2 Å². The van der Waals surface area contributed by atoms with Crippen molar-refractivity contribution >= 4 is 5.91 Å². The summed E-state index contributed by atoms with van der Waals surface area (Å²) in [4.78, 5) is 11.7. The molecule has 0 radical (unpaired) electrons. The minimum Gasteiger partial charge on any atom is -0.493 e. The minimum atomic E-state index is -0.336. The highest BCUT2D eigenvalue weighted by molar-refractivity contribution is 5.77. The fourth-order valence-corrected chi connectivity index (χ4v) is 2.11. The average Bonchev–Trinajstić information content (AvgIpc) is 3.08. The summed E-state index contributed by atoms with van der Waals surface area (Å²) < 4.78 is 5.58. The molecule has 1 amide bonds. The first-order chi connectivity index (χ1) is 9.03. The number of rotatable bonds is 6. The van der Waals surface area contributed by atoms with Crippen molar-refractivity contribution in [3.63, 3.8) is 0 Å². The van der Waals surface area contributed by atoms with Gasteiger partial charge in [0.15, 0.2) is 0 Å². The lowest BCUT2D eigenvalue weighted by Crippen LogP contribution is -2.40. The predicted molar refractivity (Wildman–Crippen MR) is 73.2 cm³/mol. The molecular weight excluding hydrogens is 242 g/mol. The smallest absolute Gasteiger partial charge is 0.223 e. The summed E-state index contributed by atoms with van der Waals surface area (Å²) in [6.45, 7) is 4.42. The van der Waals surface area contributed by atoms with E-state index in [-0.39, 0.29) is 18.1 Å². The Balaban J connectivity index is 1.75. The number of hydrogen-bond donors (Lipinski definition) is 2. The molecule has 0 heterocycles. The highest BCUT2D eigenvalue weighted by Crippen LogP contribution is 2.34. The van der Waals surface area contributed by atoms with Crippen LogP contribution in [-0.4, -0.2) is 29.8 Å². The maximum absolute atomic E-state index is 11.7. The molecule has 0 saturated heterocycles. The first-order valence-corrected chi connectivity index (χ1v) is 6.66. The molecule has 1 aliphatic rings. The Kier molecular flexibility index (Phi) is 4.10.